The maximum atomic E-state index is 4.12. The second-order valence-corrected chi connectivity index (χ2v) is 5.78. The second kappa shape index (κ2) is 5.48. The summed E-state index contributed by atoms with van der Waals surface area (Å²) in [5, 5.41) is 10.6. The third kappa shape index (κ3) is 2.93. The summed E-state index contributed by atoms with van der Waals surface area (Å²) in [7, 11) is 0. The van der Waals surface area contributed by atoms with Gasteiger partial charge in [0.2, 0.25) is 0 Å². The smallest absolute Gasteiger partial charge is 0.134 e. The van der Waals surface area contributed by atoms with Crippen LogP contribution in [0.1, 0.15) is 12.6 Å². The molecular weight excluding hydrogens is 246 g/mol. The number of anilines is 1. The van der Waals surface area contributed by atoms with Crippen LogP contribution in [0.15, 0.2) is 21.7 Å². The summed E-state index contributed by atoms with van der Waals surface area (Å²) in [4.78, 5) is 0. The number of thiophene rings is 1. The molecule has 2 heterocycles. The number of aromatic nitrogens is 2. The van der Waals surface area contributed by atoms with Gasteiger partial charge in [0.15, 0.2) is 0 Å². The van der Waals surface area contributed by atoms with Gasteiger partial charge in [0, 0.05) is 23.8 Å². The van der Waals surface area contributed by atoms with Crippen molar-refractivity contribution in [2.75, 3.05) is 11.9 Å². The summed E-state index contributed by atoms with van der Waals surface area (Å²) >= 11 is 5.00. The summed E-state index contributed by atoms with van der Waals surface area (Å²) in [5.41, 5.74) is 1.06. The van der Waals surface area contributed by atoms with E-state index < -0.39 is 0 Å². The lowest BCUT2D eigenvalue weighted by Crippen LogP contribution is -1.97. The van der Waals surface area contributed by atoms with Crippen LogP contribution in [0.25, 0.3) is 0 Å². The molecule has 0 unspecified atom stereocenters. The zero-order valence-corrected chi connectivity index (χ0v) is 10.7. The molecule has 0 aliphatic rings. The molecule has 2 rings (SSSR count). The van der Waals surface area contributed by atoms with Crippen molar-refractivity contribution in [2.45, 2.75) is 16.9 Å². The van der Waals surface area contributed by atoms with Gasteiger partial charge in [-0.15, -0.1) is 28.2 Å². The van der Waals surface area contributed by atoms with E-state index in [-0.39, 0.29) is 0 Å². The molecule has 0 fully saturated rings. The molecule has 2 aromatic rings. The molecule has 2 aromatic heterocycles. The molecule has 0 aliphatic carbocycles. The SMILES string of the molecule is CCNc1snnc1CSc1cccs1. The van der Waals surface area contributed by atoms with Crippen LogP contribution >= 0.6 is 34.6 Å². The van der Waals surface area contributed by atoms with Crippen LogP contribution in [0.4, 0.5) is 5.00 Å². The highest BCUT2D eigenvalue weighted by atomic mass is 32.2. The predicted octanol–water partition coefficient (Wildman–Crippen LogP) is 3.32. The number of hydrogen-bond acceptors (Lipinski definition) is 6. The van der Waals surface area contributed by atoms with E-state index in [1.165, 1.54) is 15.7 Å². The molecule has 6 heteroatoms. The van der Waals surface area contributed by atoms with Gasteiger partial charge in [-0.1, -0.05) is 10.6 Å². The van der Waals surface area contributed by atoms with Crippen molar-refractivity contribution < 1.29 is 0 Å². The van der Waals surface area contributed by atoms with Crippen LogP contribution in [-0.2, 0) is 5.75 Å². The quantitative estimate of drug-likeness (QED) is 0.834. The Kier molecular flexibility index (Phi) is 3.99. The van der Waals surface area contributed by atoms with E-state index in [0.717, 1.165) is 23.0 Å². The number of hydrogen-bond donors (Lipinski definition) is 1. The van der Waals surface area contributed by atoms with Crippen LogP contribution in [0.5, 0.6) is 0 Å². The molecule has 80 valence electrons. The first-order chi connectivity index (χ1) is 7.40. The number of rotatable bonds is 5. The molecule has 0 radical (unpaired) electrons. The average molecular weight is 257 g/mol. The minimum absolute atomic E-state index is 0.888. The lowest BCUT2D eigenvalue weighted by molar-refractivity contribution is 1.07. The van der Waals surface area contributed by atoms with Crippen molar-refractivity contribution in [1.29, 1.82) is 0 Å². The largest absolute Gasteiger partial charge is 0.374 e. The van der Waals surface area contributed by atoms with Gasteiger partial charge in [-0.25, -0.2) is 0 Å². The van der Waals surface area contributed by atoms with E-state index in [9.17, 15) is 0 Å². The Morgan fingerprint density at radius 2 is 2.47 bits per heavy atom. The standard InChI is InChI=1S/C9H11N3S3/c1-2-10-9-7(11-12-15-9)6-14-8-4-3-5-13-8/h3-5,10H,2,6H2,1H3. The fourth-order valence-electron chi connectivity index (χ4n) is 1.08. The normalized spacial score (nSPS) is 10.5. The van der Waals surface area contributed by atoms with Crippen LogP contribution in [0.2, 0.25) is 0 Å². The molecule has 1 N–H and O–H groups in total. The lowest BCUT2D eigenvalue weighted by atomic mass is 10.5. The van der Waals surface area contributed by atoms with Crippen molar-refractivity contribution >= 4 is 39.6 Å². The Hall–Kier alpha value is -0.590. The van der Waals surface area contributed by atoms with E-state index in [0.29, 0.717) is 0 Å². The molecule has 0 aliphatic heterocycles. The Bertz CT molecular complexity index is 396. The van der Waals surface area contributed by atoms with Gasteiger partial charge in [-0.05, 0) is 18.4 Å². The molecule has 3 nitrogen and oxygen atoms in total. The monoisotopic (exact) mass is 257 g/mol. The molecule has 0 saturated heterocycles. The van der Waals surface area contributed by atoms with Crippen LogP contribution in [0.3, 0.4) is 0 Å². The maximum Gasteiger partial charge on any atom is 0.134 e. The van der Waals surface area contributed by atoms with E-state index >= 15 is 0 Å². The summed E-state index contributed by atoms with van der Waals surface area (Å²) in [6.07, 6.45) is 0. The van der Waals surface area contributed by atoms with Crippen LogP contribution in [0, 0.1) is 0 Å². The lowest BCUT2D eigenvalue weighted by Gasteiger charge is -2.00. The predicted molar refractivity (Wildman–Crippen MR) is 68.0 cm³/mol. The van der Waals surface area contributed by atoms with Crippen LogP contribution < -0.4 is 5.32 Å². The Morgan fingerprint density at radius 3 is 3.20 bits per heavy atom. The van der Waals surface area contributed by atoms with Gasteiger partial charge in [-0.3, -0.25) is 0 Å². The Balaban J connectivity index is 1.95. The highest BCUT2D eigenvalue weighted by Gasteiger charge is 2.07. The van der Waals surface area contributed by atoms with Crippen molar-refractivity contribution in [3.63, 3.8) is 0 Å². The minimum atomic E-state index is 0.888. The molecule has 0 spiro atoms. The van der Waals surface area contributed by atoms with Crippen molar-refractivity contribution in [3.05, 3.63) is 23.2 Å². The van der Waals surface area contributed by atoms with Crippen LogP contribution in [-0.4, -0.2) is 16.1 Å². The average Bonchev–Trinajstić information content (AvgIpc) is 2.85. The van der Waals surface area contributed by atoms with Crippen molar-refractivity contribution in [2.24, 2.45) is 0 Å². The summed E-state index contributed by atoms with van der Waals surface area (Å²) in [5.74, 6) is 0.888. The van der Waals surface area contributed by atoms with E-state index in [4.69, 9.17) is 0 Å². The van der Waals surface area contributed by atoms with E-state index in [1.807, 2.05) is 11.8 Å². The second-order valence-electron chi connectivity index (χ2n) is 2.80. The van der Waals surface area contributed by atoms with Crippen molar-refractivity contribution in [1.82, 2.24) is 9.59 Å². The molecule has 0 bridgehead atoms. The molecular formula is C9H11N3S3. The fraction of sp³-hybridized carbons (Fsp3) is 0.333. The van der Waals surface area contributed by atoms with Gasteiger partial charge in [0.1, 0.15) is 10.7 Å². The Labute approximate surface area is 101 Å². The highest BCUT2D eigenvalue weighted by Crippen LogP contribution is 2.29. The molecule has 15 heavy (non-hydrogen) atoms. The van der Waals surface area contributed by atoms with Gasteiger partial charge in [0.05, 0.1) is 4.21 Å². The van der Waals surface area contributed by atoms with E-state index in [2.05, 4.69) is 39.3 Å². The molecule has 0 amide bonds. The van der Waals surface area contributed by atoms with Gasteiger partial charge in [0.25, 0.3) is 0 Å². The zero-order valence-electron chi connectivity index (χ0n) is 8.27. The van der Waals surface area contributed by atoms with E-state index in [1.54, 1.807) is 11.3 Å². The highest BCUT2D eigenvalue weighted by molar-refractivity contribution is 8.00. The number of nitrogens with zero attached hydrogens (tertiary/aromatic N) is 2. The molecule has 0 aromatic carbocycles. The summed E-state index contributed by atoms with van der Waals surface area (Å²) < 4.78 is 5.28. The molecule has 0 atom stereocenters. The molecule has 0 saturated carbocycles. The van der Waals surface area contributed by atoms with Gasteiger partial charge in [-0.2, -0.15) is 0 Å². The topological polar surface area (TPSA) is 37.8 Å². The minimum Gasteiger partial charge on any atom is -0.374 e. The number of thioether (sulfide) groups is 1. The Morgan fingerprint density at radius 1 is 1.53 bits per heavy atom. The maximum absolute atomic E-state index is 4.12. The summed E-state index contributed by atoms with van der Waals surface area (Å²) in [6, 6.07) is 4.19. The third-order valence-corrected chi connectivity index (χ3v) is 4.61. The zero-order chi connectivity index (χ0) is 10.5. The number of nitrogens with one attached hydrogen (secondary N) is 1. The first-order valence-electron chi connectivity index (χ1n) is 4.61. The van der Waals surface area contributed by atoms with Gasteiger partial charge < -0.3 is 5.32 Å². The van der Waals surface area contributed by atoms with Crippen molar-refractivity contribution in [3.8, 4) is 0 Å². The first kappa shape index (κ1) is 10.9. The third-order valence-electron chi connectivity index (χ3n) is 1.74. The fourth-order valence-corrected chi connectivity index (χ4v) is 3.54. The first-order valence-corrected chi connectivity index (χ1v) is 7.25. The van der Waals surface area contributed by atoms with Gasteiger partial charge >= 0.3 is 0 Å². The summed E-state index contributed by atoms with van der Waals surface area (Å²) in [6.45, 7) is 3.00.